The lowest BCUT2D eigenvalue weighted by Crippen LogP contribution is -2.44. The second-order valence-corrected chi connectivity index (χ2v) is 6.81. The van der Waals surface area contributed by atoms with E-state index >= 15 is 0 Å². The molecule has 1 N–H and O–H groups in total. The second-order valence-electron chi connectivity index (χ2n) is 4.19. The molecule has 5 nitrogen and oxygen atoms in total. The summed E-state index contributed by atoms with van der Waals surface area (Å²) in [5.74, 6) is -0.712. The summed E-state index contributed by atoms with van der Waals surface area (Å²) in [6.45, 7) is 0. The van der Waals surface area contributed by atoms with Crippen LogP contribution in [0.4, 0.5) is 0 Å². The van der Waals surface area contributed by atoms with Crippen LogP contribution in [0.2, 0.25) is 0 Å². The van der Waals surface area contributed by atoms with Crippen LogP contribution in [0.15, 0.2) is 46.8 Å². The summed E-state index contributed by atoms with van der Waals surface area (Å²) in [6, 6.07) is 8.87. The number of rotatable bonds is 3. The van der Waals surface area contributed by atoms with Crippen molar-refractivity contribution in [1.29, 1.82) is 0 Å². The molecule has 0 aliphatic carbocycles. The van der Waals surface area contributed by atoms with Gasteiger partial charge in [-0.25, -0.2) is 0 Å². The fraction of sp³-hybridized carbons (Fsp3) is 0. The maximum Gasteiger partial charge on any atom is 0.285 e. The van der Waals surface area contributed by atoms with E-state index < -0.39 is 0 Å². The molecule has 1 aliphatic heterocycles. The zero-order valence-electron chi connectivity index (χ0n) is 11.1. The third-order valence-corrected chi connectivity index (χ3v) is 4.89. The Balaban J connectivity index is 1.77. The van der Waals surface area contributed by atoms with Crippen LogP contribution in [0.25, 0.3) is 6.08 Å². The number of carbonyl (C=O) groups excluding carboxylic acids is 2. The number of amides is 2. The first-order chi connectivity index (χ1) is 10.6. The number of nitrogens with one attached hydrogen (secondary N) is 1. The number of hydrogen-bond donors (Lipinski definition) is 1. The fourth-order valence-electron chi connectivity index (χ4n) is 1.72. The molecule has 0 saturated carbocycles. The van der Waals surface area contributed by atoms with Gasteiger partial charge in [-0.1, -0.05) is 23.9 Å². The van der Waals surface area contributed by atoms with Crippen molar-refractivity contribution < 1.29 is 9.59 Å². The molecule has 2 amide bonds. The zero-order valence-corrected chi connectivity index (χ0v) is 13.5. The van der Waals surface area contributed by atoms with Crippen LogP contribution in [0.1, 0.15) is 15.4 Å². The molecular weight excluding hydrogens is 338 g/mol. The molecule has 0 radical (unpaired) electrons. The van der Waals surface area contributed by atoms with Crippen LogP contribution in [-0.2, 0) is 4.79 Å². The van der Waals surface area contributed by atoms with Crippen molar-refractivity contribution in [2.75, 3.05) is 0 Å². The van der Waals surface area contributed by atoms with Gasteiger partial charge in [0.1, 0.15) is 0 Å². The van der Waals surface area contributed by atoms with Crippen molar-refractivity contribution in [2.24, 2.45) is 0 Å². The first-order valence-corrected chi connectivity index (χ1v) is 8.29. The quantitative estimate of drug-likeness (QED) is 0.683. The number of aromatic nitrogens is 1. The number of pyridine rings is 1. The third kappa shape index (κ3) is 3.08. The molecule has 3 rings (SSSR count). The smallest absolute Gasteiger partial charge is 0.266 e. The maximum absolute atomic E-state index is 12.3. The van der Waals surface area contributed by atoms with Gasteiger partial charge in [0, 0.05) is 6.20 Å². The lowest BCUT2D eigenvalue weighted by molar-refractivity contribution is -0.123. The molecule has 2 aromatic heterocycles. The monoisotopic (exact) mass is 347 g/mol. The lowest BCUT2D eigenvalue weighted by atomic mass is 10.3. The average molecular weight is 347 g/mol. The van der Waals surface area contributed by atoms with Crippen molar-refractivity contribution in [3.8, 4) is 0 Å². The summed E-state index contributed by atoms with van der Waals surface area (Å²) in [7, 11) is 0. The van der Waals surface area contributed by atoms with Gasteiger partial charge in [0.2, 0.25) is 0 Å². The molecule has 22 heavy (non-hydrogen) atoms. The van der Waals surface area contributed by atoms with Crippen molar-refractivity contribution >= 4 is 57.5 Å². The molecule has 2 aromatic rings. The van der Waals surface area contributed by atoms with Gasteiger partial charge >= 0.3 is 0 Å². The van der Waals surface area contributed by atoms with E-state index in [4.69, 9.17) is 12.2 Å². The topological polar surface area (TPSA) is 62.3 Å². The van der Waals surface area contributed by atoms with Gasteiger partial charge in [-0.3, -0.25) is 20.0 Å². The van der Waals surface area contributed by atoms with Crippen molar-refractivity contribution in [2.45, 2.75) is 0 Å². The lowest BCUT2D eigenvalue weighted by Gasteiger charge is -2.14. The molecule has 0 aromatic carbocycles. The molecule has 1 aliphatic rings. The Morgan fingerprint density at radius 2 is 2.18 bits per heavy atom. The molecule has 8 heteroatoms. The van der Waals surface area contributed by atoms with Crippen LogP contribution < -0.4 is 5.43 Å². The fourth-order valence-corrected chi connectivity index (χ4v) is 3.50. The van der Waals surface area contributed by atoms with E-state index in [1.807, 2.05) is 6.07 Å². The van der Waals surface area contributed by atoms with Gasteiger partial charge in [-0.2, -0.15) is 5.01 Å². The number of carbonyl (C=O) groups is 2. The van der Waals surface area contributed by atoms with E-state index in [-0.39, 0.29) is 16.1 Å². The van der Waals surface area contributed by atoms with Crippen molar-refractivity contribution in [3.05, 3.63) is 57.4 Å². The molecule has 0 spiro atoms. The van der Waals surface area contributed by atoms with E-state index in [1.165, 1.54) is 11.3 Å². The third-order valence-electron chi connectivity index (χ3n) is 2.72. The van der Waals surface area contributed by atoms with Crippen LogP contribution >= 0.6 is 35.3 Å². The SMILES string of the molecule is O=C(NN1C(=O)/C(=C\c2ccccn2)SC1=S)c1cccs1. The largest absolute Gasteiger partial charge is 0.285 e. The number of hydrazine groups is 1. The number of hydrogen-bond acceptors (Lipinski definition) is 6. The summed E-state index contributed by atoms with van der Waals surface area (Å²) in [4.78, 5) is 29.4. The van der Waals surface area contributed by atoms with E-state index in [2.05, 4.69) is 10.4 Å². The number of thioether (sulfide) groups is 1. The molecule has 0 atom stereocenters. The summed E-state index contributed by atoms with van der Waals surface area (Å²) < 4.78 is 0.289. The van der Waals surface area contributed by atoms with Crippen LogP contribution in [0.3, 0.4) is 0 Å². The number of thiophene rings is 1. The highest BCUT2D eigenvalue weighted by atomic mass is 32.2. The zero-order chi connectivity index (χ0) is 15.5. The second kappa shape index (κ2) is 6.39. The molecular formula is C14H9N3O2S3. The minimum atomic E-state index is -0.356. The van der Waals surface area contributed by atoms with E-state index in [0.29, 0.717) is 15.5 Å². The van der Waals surface area contributed by atoms with E-state index in [0.717, 1.165) is 16.8 Å². The molecule has 1 saturated heterocycles. The Kier molecular flexibility index (Phi) is 4.32. The Hall–Kier alpha value is -2.03. The minimum Gasteiger partial charge on any atom is -0.266 e. The highest BCUT2D eigenvalue weighted by molar-refractivity contribution is 8.26. The summed E-state index contributed by atoms with van der Waals surface area (Å²) in [5, 5.41) is 2.89. The van der Waals surface area contributed by atoms with Crippen molar-refractivity contribution in [1.82, 2.24) is 15.4 Å². The van der Waals surface area contributed by atoms with Crippen LogP contribution in [0.5, 0.6) is 0 Å². The van der Waals surface area contributed by atoms with Crippen LogP contribution in [-0.4, -0.2) is 26.1 Å². The Bertz CT molecular complexity index is 757. The Labute approximate surface area is 140 Å². The van der Waals surface area contributed by atoms with Gasteiger partial charge in [0.15, 0.2) is 4.32 Å². The summed E-state index contributed by atoms with van der Waals surface area (Å²) in [5.41, 5.74) is 3.19. The first-order valence-electron chi connectivity index (χ1n) is 6.18. The number of nitrogens with zero attached hydrogens (tertiary/aromatic N) is 2. The standard InChI is InChI=1S/C14H9N3O2S3/c18-12(10-5-3-7-21-10)16-17-13(19)11(22-14(17)20)8-9-4-1-2-6-15-9/h1-8H,(H,16,18)/b11-8+. The van der Waals surface area contributed by atoms with Gasteiger partial charge in [0.25, 0.3) is 11.8 Å². The predicted molar refractivity (Wildman–Crippen MR) is 91.0 cm³/mol. The predicted octanol–water partition coefficient (Wildman–Crippen LogP) is 2.69. The highest BCUT2D eigenvalue weighted by Crippen LogP contribution is 2.31. The summed E-state index contributed by atoms with van der Waals surface area (Å²) in [6.07, 6.45) is 3.29. The minimum absolute atomic E-state index is 0.289. The van der Waals surface area contributed by atoms with E-state index in [9.17, 15) is 9.59 Å². The average Bonchev–Trinajstić information content (AvgIpc) is 3.13. The first kappa shape index (κ1) is 14.9. The highest BCUT2D eigenvalue weighted by Gasteiger charge is 2.33. The number of thiocarbonyl (C=S) groups is 1. The van der Waals surface area contributed by atoms with Gasteiger partial charge in [-0.15, -0.1) is 11.3 Å². The normalized spacial score (nSPS) is 16.4. The Morgan fingerprint density at radius 3 is 2.86 bits per heavy atom. The van der Waals surface area contributed by atoms with Crippen molar-refractivity contribution in [3.63, 3.8) is 0 Å². The van der Waals surface area contributed by atoms with Gasteiger partial charge < -0.3 is 0 Å². The van der Waals surface area contributed by atoms with E-state index in [1.54, 1.807) is 41.9 Å². The molecule has 3 heterocycles. The molecule has 0 unspecified atom stereocenters. The summed E-state index contributed by atoms with van der Waals surface area (Å²) >= 11 is 7.58. The maximum atomic E-state index is 12.3. The molecule has 0 bridgehead atoms. The van der Waals surface area contributed by atoms with Crippen LogP contribution in [0, 0.1) is 0 Å². The molecule has 110 valence electrons. The Morgan fingerprint density at radius 1 is 1.32 bits per heavy atom. The van der Waals surface area contributed by atoms with Gasteiger partial charge in [-0.05, 0) is 41.9 Å². The van der Waals surface area contributed by atoms with Gasteiger partial charge in [0.05, 0.1) is 15.5 Å². The molecule has 1 fully saturated rings.